The summed E-state index contributed by atoms with van der Waals surface area (Å²) in [5.74, 6) is -1.79. The van der Waals surface area contributed by atoms with Gasteiger partial charge in [-0.3, -0.25) is 19.4 Å². The molecule has 3 N–H and O–H groups in total. The van der Waals surface area contributed by atoms with Gasteiger partial charge in [0.05, 0.1) is 19.1 Å². The Balaban J connectivity index is 1.60. The first-order valence-corrected chi connectivity index (χ1v) is 9.15. The van der Waals surface area contributed by atoms with Crippen molar-refractivity contribution < 1.29 is 18.7 Å². The summed E-state index contributed by atoms with van der Waals surface area (Å²) in [5, 5.41) is 2.77. The fraction of sp³-hybridized carbons (Fsp3) is 0.368. The Morgan fingerprint density at radius 2 is 2.07 bits per heavy atom. The van der Waals surface area contributed by atoms with Gasteiger partial charge in [-0.15, -0.1) is 0 Å². The van der Waals surface area contributed by atoms with E-state index < -0.39 is 23.1 Å². The smallest absolute Gasteiger partial charge is 0.326 e. The Morgan fingerprint density at radius 1 is 1.24 bits per heavy atom. The lowest BCUT2D eigenvalue weighted by Gasteiger charge is -2.23. The van der Waals surface area contributed by atoms with Crippen LogP contribution in [0.5, 0.6) is 0 Å². The van der Waals surface area contributed by atoms with E-state index in [1.54, 1.807) is 12.1 Å². The maximum absolute atomic E-state index is 13.2. The highest BCUT2D eigenvalue weighted by Gasteiger charge is 2.28. The van der Waals surface area contributed by atoms with Crippen molar-refractivity contribution in [1.29, 1.82) is 0 Å². The van der Waals surface area contributed by atoms with Crippen LogP contribution in [0.1, 0.15) is 16.1 Å². The summed E-state index contributed by atoms with van der Waals surface area (Å²) in [7, 11) is 0. The van der Waals surface area contributed by atoms with Crippen molar-refractivity contribution in [3.63, 3.8) is 0 Å². The second-order valence-corrected chi connectivity index (χ2v) is 6.70. The molecule has 10 heteroatoms. The molecule has 2 heterocycles. The molecule has 1 atom stereocenters. The Bertz CT molecular complexity index is 974. The minimum absolute atomic E-state index is 0.0828. The van der Waals surface area contributed by atoms with Crippen LogP contribution in [-0.2, 0) is 16.0 Å². The topological polar surface area (TPSA) is 124 Å². The molecule has 9 nitrogen and oxygen atoms in total. The highest BCUT2D eigenvalue weighted by molar-refractivity contribution is 5.92. The number of carbonyl (C=O) groups is 2. The number of H-pyrrole nitrogens is 2. The number of rotatable bonds is 5. The minimum Gasteiger partial charge on any atom is -0.379 e. The van der Waals surface area contributed by atoms with Crippen molar-refractivity contribution in [3.8, 4) is 0 Å². The molecule has 0 saturated carbocycles. The average molecular weight is 404 g/mol. The van der Waals surface area contributed by atoms with Crippen molar-refractivity contribution in [1.82, 2.24) is 20.2 Å². The zero-order valence-electron chi connectivity index (χ0n) is 15.6. The summed E-state index contributed by atoms with van der Waals surface area (Å²) in [5.41, 5.74) is -0.850. The van der Waals surface area contributed by atoms with Crippen molar-refractivity contribution in [2.75, 3.05) is 32.8 Å². The number of amides is 2. The summed E-state index contributed by atoms with van der Waals surface area (Å²) in [4.78, 5) is 53.6. The van der Waals surface area contributed by atoms with E-state index in [0.29, 0.717) is 13.0 Å². The fourth-order valence-electron chi connectivity index (χ4n) is 3.07. The third-order valence-corrected chi connectivity index (χ3v) is 4.52. The van der Waals surface area contributed by atoms with Crippen LogP contribution in [0, 0.1) is 11.7 Å². The summed E-state index contributed by atoms with van der Waals surface area (Å²) < 4.78 is 18.6. The molecule has 2 aromatic rings. The molecule has 1 aliphatic rings. The van der Waals surface area contributed by atoms with Gasteiger partial charge in [0.1, 0.15) is 11.5 Å². The van der Waals surface area contributed by atoms with Crippen LogP contribution in [0.2, 0.25) is 0 Å². The zero-order chi connectivity index (χ0) is 20.8. The predicted molar refractivity (Wildman–Crippen MR) is 101 cm³/mol. The molecule has 1 aliphatic heterocycles. The molecular formula is C19H21FN4O5. The van der Waals surface area contributed by atoms with Gasteiger partial charge in [0, 0.05) is 25.7 Å². The van der Waals surface area contributed by atoms with Crippen molar-refractivity contribution in [2.24, 2.45) is 5.92 Å². The number of benzene rings is 1. The van der Waals surface area contributed by atoms with E-state index in [2.05, 4.69) is 10.3 Å². The number of nitrogens with zero attached hydrogens (tertiary/aromatic N) is 1. The quantitative estimate of drug-likeness (QED) is 0.628. The van der Waals surface area contributed by atoms with Gasteiger partial charge in [-0.05, 0) is 24.1 Å². The number of aromatic nitrogens is 2. The highest BCUT2D eigenvalue weighted by Crippen LogP contribution is 2.10. The molecular weight excluding hydrogens is 383 g/mol. The number of aromatic amines is 2. The van der Waals surface area contributed by atoms with Crippen LogP contribution < -0.4 is 16.6 Å². The van der Waals surface area contributed by atoms with E-state index in [1.807, 2.05) is 4.98 Å². The minimum atomic E-state index is -0.779. The Hall–Kier alpha value is -3.27. The van der Waals surface area contributed by atoms with Crippen LogP contribution in [0.25, 0.3) is 0 Å². The summed E-state index contributed by atoms with van der Waals surface area (Å²) in [6, 6.07) is 7.14. The average Bonchev–Trinajstić information content (AvgIpc) is 2.93. The van der Waals surface area contributed by atoms with E-state index >= 15 is 0 Å². The largest absolute Gasteiger partial charge is 0.379 e. The molecule has 1 unspecified atom stereocenters. The molecule has 29 heavy (non-hydrogen) atoms. The maximum atomic E-state index is 13.2. The number of hydrogen-bond acceptors (Lipinski definition) is 5. The van der Waals surface area contributed by atoms with E-state index in [-0.39, 0.29) is 43.7 Å². The zero-order valence-corrected chi connectivity index (χ0v) is 15.6. The molecule has 1 aromatic heterocycles. The first kappa shape index (κ1) is 20.5. The normalized spacial score (nSPS) is 16.9. The second kappa shape index (κ2) is 9.28. The molecule has 0 aliphatic carbocycles. The number of ether oxygens (including phenoxy) is 1. The van der Waals surface area contributed by atoms with Gasteiger partial charge in [0.2, 0.25) is 5.91 Å². The highest BCUT2D eigenvalue weighted by atomic mass is 19.1. The molecule has 1 aromatic carbocycles. The van der Waals surface area contributed by atoms with Gasteiger partial charge in [-0.1, -0.05) is 12.1 Å². The predicted octanol–water partition coefficient (Wildman–Crippen LogP) is -0.350. The maximum Gasteiger partial charge on any atom is 0.326 e. The third kappa shape index (κ3) is 5.61. The van der Waals surface area contributed by atoms with Gasteiger partial charge in [-0.25, -0.2) is 9.18 Å². The lowest BCUT2D eigenvalue weighted by atomic mass is 10.1. The van der Waals surface area contributed by atoms with E-state index in [4.69, 9.17) is 4.74 Å². The van der Waals surface area contributed by atoms with Gasteiger partial charge >= 0.3 is 5.69 Å². The monoisotopic (exact) mass is 404 g/mol. The number of carbonyl (C=O) groups excluding carboxylic acids is 2. The van der Waals surface area contributed by atoms with Crippen LogP contribution >= 0.6 is 0 Å². The molecule has 0 spiro atoms. The van der Waals surface area contributed by atoms with Crippen LogP contribution in [-0.4, -0.2) is 59.5 Å². The van der Waals surface area contributed by atoms with E-state index in [1.165, 1.54) is 17.0 Å². The van der Waals surface area contributed by atoms with Gasteiger partial charge in [0.25, 0.3) is 11.5 Å². The number of nitrogens with one attached hydrogen (secondary N) is 3. The Morgan fingerprint density at radius 3 is 2.83 bits per heavy atom. The molecule has 154 valence electrons. The SMILES string of the molecule is O=C(NCCc1cccc(F)c1)C1COCCN(C(=O)c2cc(=O)[nH]c(=O)[nH]2)C1. The molecule has 3 rings (SSSR count). The molecule has 0 bridgehead atoms. The van der Waals surface area contributed by atoms with Crippen LogP contribution in [0.3, 0.4) is 0 Å². The lowest BCUT2D eigenvalue weighted by molar-refractivity contribution is -0.126. The first-order valence-electron chi connectivity index (χ1n) is 9.15. The van der Waals surface area contributed by atoms with Crippen molar-refractivity contribution in [2.45, 2.75) is 6.42 Å². The standard InChI is InChI=1S/C19H21FN4O5/c20-14-3-1-2-12(8-14)4-5-21-17(26)13-10-24(6-7-29-11-13)18(27)15-9-16(25)23-19(28)22-15/h1-3,8-9,13H,4-7,10-11H2,(H,21,26)(H2,22,23,25,28). The van der Waals surface area contributed by atoms with Crippen LogP contribution in [0.4, 0.5) is 4.39 Å². The summed E-state index contributed by atoms with van der Waals surface area (Å²) in [6.45, 7) is 0.988. The number of halogens is 1. The Labute approximate surface area is 164 Å². The first-order chi connectivity index (χ1) is 13.9. The van der Waals surface area contributed by atoms with E-state index in [9.17, 15) is 23.6 Å². The van der Waals surface area contributed by atoms with E-state index in [0.717, 1.165) is 11.6 Å². The van der Waals surface area contributed by atoms with Gasteiger partial charge < -0.3 is 19.9 Å². The Kier molecular flexibility index (Phi) is 6.55. The fourth-order valence-corrected chi connectivity index (χ4v) is 3.07. The van der Waals surface area contributed by atoms with Gasteiger partial charge in [0.15, 0.2) is 0 Å². The van der Waals surface area contributed by atoms with Crippen molar-refractivity contribution >= 4 is 11.8 Å². The summed E-state index contributed by atoms with van der Waals surface area (Å²) >= 11 is 0. The second-order valence-electron chi connectivity index (χ2n) is 6.70. The van der Waals surface area contributed by atoms with Gasteiger partial charge in [-0.2, -0.15) is 0 Å². The molecule has 1 fully saturated rings. The molecule has 1 saturated heterocycles. The third-order valence-electron chi connectivity index (χ3n) is 4.52. The van der Waals surface area contributed by atoms with Crippen LogP contribution in [0.15, 0.2) is 39.9 Å². The lowest BCUT2D eigenvalue weighted by Crippen LogP contribution is -2.43. The number of hydrogen-bond donors (Lipinski definition) is 3. The van der Waals surface area contributed by atoms with Crippen molar-refractivity contribution in [3.05, 3.63) is 68.2 Å². The molecule has 2 amide bonds. The summed E-state index contributed by atoms with van der Waals surface area (Å²) in [6.07, 6.45) is 0.466. The molecule has 0 radical (unpaired) electrons.